The number of halogens is 1. The Morgan fingerprint density at radius 3 is 2.84 bits per heavy atom. The lowest BCUT2D eigenvalue weighted by atomic mass is 10.2. The third-order valence-corrected chi connectivity index (χ3v) is 3.26. The van der Waals surface area contributed by atoms with E-state index in [1.165, 1.54) is 0 Å². The van der Waals surface area contributed by atoms with Gasteiger partial charge in [-0.05, 0) is 36.2 Å². The van der Waals surface area contributed by atoms with Gasteiger partial charge in [-0.1, -0.05) is 13.3 Å². The van der Waals surface area contributed by atoms with Crippen LogP contribution in [0.1, 0.15) is 30.4 Å². The van der Waals surface area contributed by atoms with E-state index < -0.39 is 0 Å². The molecular weight excluding hydrogens is 260 g/mol. The Hall–Kier alpha value is -1.48. The van der Waals surface area contributed by atoms with E-state index in [1.54, 1.807) is 6.26 Å². The molecule has 0 aliphatic heterocycles. The maximum absolute atomic E-state index is 5.95. The number of aryl methyl sites for hydroxylation is 1. The fraction of sp³-hybridized carbons (Fsp3) is 0.400. The van der Waals surface area contributed by atoms with Crippen molar-refractivity contribution in [3.63, 3.8) is 0 Å². The van der Waals surface area contributed by atoms with E-state index >= 15 is 0 Å². The van der Waals surface area contributed by atoms with Gasteiger partial charge in [0.25, 0.3) is 0 Å². The van der Waals surface area contributed by atoms with Crippen LogP contribution < -0.4 is 4.90 Å². The van der Waals surface area contributed by atoms with Crippen molar-refractivity contribution < 1.29 is 4.42 Å². The summed E-state index contributed by atoms with van der Waals surface area (Å²) >= 11 is 5.95. The number of hydrogen-bond acceptors (Lipinski definition) is 3. The maximum Gasteiger partial charge on any atom is 0.129 e. The van der Waals surface area contributed by atoms with Crippen molar-refractivity contribution in [2.45, 2.75) is 32.2 Å². The highest BCUT2D eigenvalue weighted by atomic mass is 35.5. The maximum atomic E-state index is 5.95. The van der Waals surface area contributed by atoms with Gasteiger partial charge in [0, 0.05) is 18.6 Å². The Morgan fingerprint density at radius 2 is 2.21 bits per heavy atom. The zero-order valence-corrected chi connectivity index (χ0v) is 12.2. The minimum atomic E-state index is 0.515. The van der Waals surface area contributed by atoms with Gasteiger partial charge in [0.15, 0.2) is 0 Å². The van der Waals surface area contributed by atoms with Crippen LogP contribution in [0.4, 0.5) is 5.82 Å². The van der Waals surface area contributed by atoms with E-state index in [1.807, 2.05) is 25.2 Å². The molecule has 0 saturated carbocycles. The largest absolute Gasteiger partial charge is 0.467 e. The molecule has 0 aliphatic carbocycles. The van der Waals surface area contributed by atoms with Gasteiger partial charge < -0.3 is 9.32 Å². The first kappa shape index (κ1) is 13.9. The van der Waals surface area contributed by atoms with Crippen molar-refractivity contribution in [2.75, 3.05) is 11.9 Å². The molecule has 2 rings (SSSR count). The summed E-state index contributed by atoms with van der Waals surface area (Å²) in [7, 11) is 2.01. The molecule has 0 aliphatic rings. The van der Waals surface area contributed by atoms with Gasteiger partial charge >= 0.3 is 0 Å². The summed E-state index contributed by atoms with van der Waals surface area (Å²) in [4.78, 5) is 6.75. The number of nitrogens with zero attached hydrogens (tertiary/aromatic N) is 2. The van der Waals surface area contributed by atoms with Crippen LogP contribution in [0.3, 0.4) is 0 Å². The lowest BCUT2D eigenvalue weighted by Gasteiger charge is -2.18. The lowest BCUT2D eigenvalue weighted by molar-refractivity contribution is 0.507. The van der Waals surface area contributed by atoms with Crippen molar-refractivity contribution in [3.05, 3.63) is 47.5 Å². The number of alkyl halides is 1. The van der Waals surface area contributed by atoms with Crippen molar-refractivity contribution >= 4 is 17.4 Å². The molecular formula is C15H19ClN2O. The molecule has 2 aromatic heterocycles. The summed E-state index contributed by atoms with van der Waals surface area (Å²) in [5, 5.41) is 0. The summed E-state index contributed by atoms with van der Waals surface area (Å²) in [5.41, 5.74) is 2.21. The van der Waals surface area contributed by atoms with Crippen molar-refractivity contribution in [3.8, 4) is 0 Å². The third kappa shape index (κ3) is 3.74. The van der Waals surface area contributed by atoms with Gasteiger partial charge in [-0.25, -0.2) is 4.98 Å². The van der Waals surface area contributed by atoms with Gasteiger partial charge in [0.1, 0.15) is 11.6 Å². The Labute approximate surface area is 119 Å². The summed E-state index contributed by atoms with van der Waals surface area (Å²) in [6.45, 7) is 2.86. The van der Waals surface area contributed by atoms with Crippen LogP contribution in [-0.4, -0.2) is 12.0 Å². The molecule has 2 aromatic rings. The SMILES string of the molecule is CCCc1cc(CCl)cc(N(C)Cc2ccco2)n1. The standard InChI is InChI=1S/C15H19ClN2O/c1-3-5-13-8-12(10-16)9-15(17-13)18(2)11-14-6-4-7-19-14/h4,6-9H,3,5,10-11H2,1-2H3. The molecule has 0 aromatic carbocycles. The van der Waals surface area contributed by atoms with Crippen LogP contribution in [0.2, 0.25) is 0 Å². The predicted octanol–water partition coefficient (Wildman–Crippen LogP) is 4.00. The first-order valence-corrected chi connectivity index (χ1v) is 7.05. The monoisotopic (exact) mass is 278 g/mol. The molecule has 0 bridgehead atoms. The van der Waals surface area contributed by atoms with Gasteiger partial charge in [-0.3, -0.25) is 0 Å². The molecule has 0 atom stereocenters. The van der Waals surface area contributed by atoms with Crippen LogP contribution in [0.15, 0.2) is 34.9 Å². The smallest absolute Gasteiger partial charge is 0.129 e. The van der Waals surface area contributed by atoms with Crippen molar-refractivity contribution in [1.82, 2.24) is 4.98 Å². The van der Waals surface area contributed by atoms with Crippen molar-refractivity contribution in [1.29, 1.82) is 0 Å². The average molecular weight is 279 g/mol. The minimum absolute atomic E-state index is 0.515. The summed E-state index contributed by atoms with van der Waals surface area (Å²) < 4.78 is 5.36. The normalized spacial score (nSPS) is 10.7. The van der Waals surface area contributed by atoms with E-state index in [9.17, 15) is 0 Å². The highest BCUT2D eigenvalue weighted by Gasteiger charge is 2.08. The molecule has 4 heteroatoms. The molecule has 19 heavy (non-hydrogen) atoms. The van der Waals surface area contributed by atoms with Gasteiger partial charge in [0.05, 0.1) is 12.8 Å². The van der Waals surface area contributed by atoms with Gasteiger partial charge in [-0.2, -0.15) is 0 Å². The number of rotatable bonds is 6. The lowest BCUT2D eigenvalue weighted by Crippen LogP contribution is -2.18. The Morgan fingerprint density at radius 1 is 1.37 bits per heavy atom. The Kier molecular flexibility index (Phi) is 4.86. The average Bonchev–Trinajstić information content (AvgIpc) is 2.91. The molecule has 0 radical (unpaired) electrons. The van der Waals surface area contributed by atoms with Crippen LogP contribution in [0.25, 0.3) is 0 Å². The van der Waals surface area contributed by atoms with E-state index in [0.29, 0.717) is 12.4 Å². The van der Waals surface area contributed by atoms with Crippen LogP contribution in [0.5, 0.6) is 0 Å². The quantitative estimate of drug-likeness (QED) is 0.748. The second-order valence-corrected chi connectivity index (χ2v) is 4.91. The molecule has 0 spiro atoms. The predicted molar refractivity (Wildman–Crippen MR) is 78.6 cm³/mol. The molecule has 0 N–H and O–H groups in total. The number of hydrogen-bond donors (Lipinski definition) is 0. The number of anilines is 1. The molecule has 0 amide bonds. The summed E-state index contributed by atoms with van der Waals surface area (Å²) in [6, 6.07) is 7.99. The van der Waals surface area contributed by atoms with Crippen LogP contribution >= 0.6 is 11.6 Å². The molecule has 0 fully saturated rings. The fourth-order valence-corrected chi connectivity index (χ4v) is 2.16. The topological polar surface area (TPSA) is 29.3 Å². The Balaban J connectivity index is 2.19. The zero-order valence-electron chi connectivity index (χ0n) is 11.4. The number of pyridine rings is 1. The zero-order chi connectivity index (χ0) is 13.7. The number of aromatic nitrogens is 1. The van der Waals surface area contributed by atoms with Gasteiger partial charge in [-0.15, -0.1) is 11.6 Å². The fourth-order valence-electron chi connectivity index (χ4n) is 2.01. The second-order valence-electron chi connectivity index (χ2n) is 4.64. The van der Waals surface area contributed by atoms with E-state index in [0.717, 1.165) is 35.7 Å². The van der Waals surface area contributed by atoms with E-state index in [-0.39, 0.29) is 0 Å². The molecule has 0 saturated heterocycles. The minimum Gasteiger partial charge on any atom is -0.467 e. The third-order valence-electron chi connectivity index (χ3n) is 2.95. The van der Waals surface area contributed by atoms with E-state index in [4.69, 9.17) is 16.0 Å². The summed E-state index contributed by atoms with van der Waals surface area (Å²) in [5.74, 6) is 2.39. The van der Waals surface area contributed by atoms with Crippen LogP contribution in [0, 0.1) is 0 Å². The molecule has 2 heterocycles. The molecule has 102 valence electrons. The van der Waals surface area contributed by atoms with E-state index in [2.05, 4.69) is 22.9 Å². The number of furan rings is 1. The molecule has 3 nitrogen and oxygen atoms in total. The molecule has 0 unspecified atom stereocenters. The first-order chi connectivity index (χ1) is 9.22. The first-order valence-electron chi connectivity index (χ1n) is 6.52. The highest BCUT2D eigenvalue weighted by molar-refractivity contribution is 6.17. The van der Waals surface area contributed by atoms with Crippen molar-refractivity contribution in [2.24, 2.45) is 0 Å². The van der Waals surface area contributed by atoms with Crippen LogP contribution in [-0.2, 0) is 18.8 Å². The Bertz CT molecular complexity index is 511. The summed E-state index contributed by atoms with van der Waals surface area (Å²) in [6.07, 6.45) is 3.75. The second kappa shape index (κ2) is 6.62. The highest BCUT2D eigenvalue weighted by Crippen LogP contribution is 2.18. The van der Waals surface area contributed by atoms with Gasteiger partial charge in [0.2, 0.25) is 0 Å².